The Bertz CT molecular complexity index is 501. The summed E-state index contributed by atoms with van der Waals surface area (Å²) >= 11 is 0. The van der Waals surface area contributed by atoms with E-state index in [1.54, 1.807) is 0 Å². The lowest BCUT2D eigenvalue weighted by Crippen LogP contribution is -2.40. The number of unbranched alkanes of at least 4 members (excludes halogenated alkanes) is 5. The predicted molar refractivity (Wildman–Crippen MR) is 90.1 cm³/mol. The number of ether oxygens (including phenoxy) is 1. The van der Waals surface area contributed by atoms with Crippen molar-refractivity contribution in [3.63, 3.8) is 0 Å². The molecule has 1 atom stereocenters. The molecule has 4 heteroatoms. The van der Waals surface area contributed by atoms with Crippen molar-refractivity contribution in [3.8, 4) is 0 Å². The number of imide groups is 1. The summed E-state index contributed by atoms with van der Waals surface area (Å²) in [5.74, 6) is -0.0936. The molecule has 0 bridgehead atoms. The van der Waals surface area contributed by atoms with Crippen LogP contribution in [0.5, 0.6) is 0 Å². The molecule has 0 radical (unpaired) electrons. The van der Waals surface area contributed by atoms with Crippen molar-refractivity contribution in [2.24, 2.45) is 0 Å². The van der Waals surface area contributed by atoms with E-state index in [0.717, 1.165) is 18.4 Å². The number of benzene rings is 1. The number of rotatable bonds is 9. The first-order valence-electron chi connectivity index (χ1n) is 8.75. The fourth-order valence-corrected chi connectivity index (χ4v) is 2.98. The van der Waals surface area contributed by atoms with Gasteiger partial charge in [0.2, 0.25) is 5.91 Å². The van der Waals surface area contributed by atoms with E-state index in [4.69, 9.17) is 4.74 Å². The Kier molecular flexibility index (Phi) is 7.11. The molecule has 0 saturated carbocycles. The lowest BCUT2D eigenvalue weighted by Gasteiger charge is -2.19. The minimum Gasteiger partial charge on any atom is -0.447 e. The molecule has 1 aromatic carbocycles. The van der Waals surface area contributed by atoms with Gasteiger partial charge in [-0.15, -0.1) is 0 Å². The van der Waals surface area contributed by atoms with E-state index in [2.05, 4.69) is 6.92 Å². The highest BCUT2D eigenvalue weighted by molar-refractivity contribution is 5.93. The zero-order chi connectivity index (χ0) is 16.5. The molecule has 126 valence electrons. The number of carbonyl (C=O) groups excluding carboxylic acids is 2. The Morgan fingerprint density at radius 1 is 1.13 bits per heavy atom. The minimum atomic E-state index is -0.484. The molecule has 0 spiro atoms. The second kappa shape index (κ2) is 9.33. The Balaban J connectivity index is 1.80. The summed E-state index contributed by atoms with van der Waals surface area (Å²) in [7, 11) is 0. The Morgan fingerprint density at radius 3 is 2.57 bits per heavy atom. The van der Waals surface area contributed by atoms with Gasteiger partial charge in [0.05, 0.1) is 6.04 Å². The maximum absolute atomic E-state index is 12.4. The Hall–Kier alpha value is -1.84. The van der Waals surface area contributed by atoms with Gasteiger partial charge in [-0.25, -0.2) is 9.69 Å². The van der Waals surface area contributed by atoms with Crippen LogP contribution >= 0.6 is 0 Å². The van der Waals surface area contributed by atoms with Crippen molar-refractivity contribution in [3.05, 3.63) is 35.9 Å². The predicted octanol–water partition coefficient (Wildman–Crippen LogP) is 4.33. The van der Waals surface area contributed by atoms with E-state index in [1.807, 2.05) is 30.3 Å². The molecular weight excluding hydrogens is 290 g/mol. The quantitative estimate of drug-likeness (QED) is 0.637. The summed E-state index contributed by atoms with van der Waals surface area (Å²) in [5.41, 5.74) is 1.12. The normalized spacial score (nSPS) is 17.3. The van der Waals surface area contributed by atoms with Gasteiger partial charge in [0, 0.05) is 6.42 Å². The van der Waals surface area contributed by atoms with Crippen LogP contribution in [0, 0.1) is 0 Å². The highest BCUT2D eigenvalue weighted by atomic mass is 16.6. The topological polar surface area (TPSA) is 46.6 Å². The van der Waals surface area contributed by atoms with Crippen molar-refractivity contribution in [1.29, 1.82) is 0 Å². The van der Waals surface area contributed by atoms with Gasteiger partial charge in [-0.1, -0.05) is 69.4 Å². The van der Waals surface area contributed by atoms with E-state index in [9.17, 15) is 9.59 Å². The number of amides is 2. The number of cyclic esters (lactones) is 1. The Morgan fingerprint density at radius 2 is 1.83 bits per heavy atom. The van der Waals surface area contributed by atoms with Gasteiger partial charge in [-0.3, -0.25) is 4.79 Å². The van der Waals surface area contributed by atoms with Crippen LogP contribution in [-0.2, 0) is 16.0 Å². The lowest BCUT2D eigenvalue weighted by atomic mass is 10.0. The fraction of sp³-hybridized carbons (Fsp3) is 0.579. The summed E-state index contributed by atoms with van der Waals surface area (Å²) in [6.45, 7) is 2.49. The first kappa shape index (κ1) is 17.5. The van der Waals surface area contributed by atoms with Gasteiger partial charge in [0.25, 0.3) is 0 Å². The van der Waals surface area contributed by atoms with Crippen LogP contribution in [0.2, 0.25) is 0 Å². The van der Waals surface area contributed by atoms with Gasteiger partial charge in [-0.2, -0.15) is 0 Å². The molecule has 1 aromatic rings. The third-order valence-corrected chi connectivity index (χ3v) is 4.29. The van der Waals surface area contributed by atoms with Gasteiger partial charge in [-0.05, 0) is 18.4 Å². The Labute approximate surface area is 138 Å². The van der Waals surface area contributed by atoms with Crippen LogP contribution in [0.25, 0.3) is 0 Å². The van der Waals surface area contributed by atoms with Crippen LogP contribution < -0.4 is 0 Å². The van der Waals surface area contributed by atoms with E-state index >= 15 is 0 Å². The largest absolute Gasteiger partial charge is 0.447 e. The second-order valence-corrected chi connectivity index (χ2v) is 6.20. The molecule has 1 fully saturated rings. The molecular formula is C19H27NO3. The standard InChI is InChI=1S/C19H27NO3/c1-2-3-4-5-6-10-13-18(21)20-17(15-23-19(20)22)14-16-11-8-7-9-12-16/h7-9,11-12,17H,2-6,10,13-15H2,1H3. The summed E-state index contributed by atoms with van der Waals surface area (Å²) in [6, 6.07) is 9.75. The van der Waals surface area contributed by atoms with E-state index in [1.165, 1.54) is 30.6 Å². The molecule has 1 aliphatic rings. The third-order valence-electron chi connectivity index (χ3n) is 4.29. The van der Waals surface area contributed by atoms with E-state index < -0.39 is 6.09 Å². The summed E-state index contributed by atoms with van der Waals surface area (Å²) in [5, 5.41) is 0. The first-order valence-corrected chi connectivity index (χ1v) is 8.75. The smallest absolute Gasteiger partial charge is 0.416 e. The van der Waals surface area contributed by atoms with Crippen molar-refractivity contribution < 1.29 is 14.3 Å². The van der Waals surface area contributed by atoms with Gasteiger partial charge in [0.15, 0.2) is 0 Å². The van der Waals surface area contributed by atoms with Crippen LogP contribution in [0.3, 0.4) is 0 Å². The van der Waals surface area contributed by atoms with Crippen LogP contribution in [0.1, 0.15) is 57.4 Å². The van der Waals surface area contributed by atoms with Crippen molar-refractivity contribution in [2.75, 3.05) is 6.61 Å². The first-order chi connectivity index (χ1) is 11.2. The number of nitrogens with zero attached hydrogens (tertiary/aromatic N) is 1. The molecule has 1 aliphatic heterocycles. The highest BCUT2D eigenvalue weighted by Gasteiger charge is 2.37. The third kappa shape index (κ3) is 5.38. The molecule has 2 rings (SSSR count). The molecule has 2 amide bonds. The molecule has 0 aliphatic carbocycles. The molecule has 0 aromatic heterocycles. The van der Waals surface area contributed by atoms with Gasteiger partial charge >= 0.3 is 6.09 Å². The average molecular weight is 317 g/mol. The molecule has 4 nitrogen and oxygen atoms in total. The van der Waals surface area contributed by atoms with Crippen molar-refractivity contribution >= 4 is 12.0 Å². The number of carbonyl (C=O) groups is 2. The lowest BCUT2D eigenvalue weighted by molar-refractivity contribution is -0.129. The zero-order valence-corrected chi connectivity index (χ0v) is 14.0. The molecule has 1 unspecified atom stereocenters. The van der Waals surface area contributed by atoms with Gasteiger partial charge in [0.1, 0.15) is 6.61 Å². The van der Waals surface area contributed by atoms with E-state index in [-0.39, 0.29) is 11.9 Å². The average Bonchev–Trinajstić information content (AvgIpc) is 2.92. The molecule has 23 heavy (non-hydrogen) atoms. The minimum absolute atomic E-state index is 0.0936. The van der Waals surface area contributed by atoms with Crippen LogP contribution in [0.4, 0.5) is 4.79 Å². The number of hydrogen-bond acceptors (Lipinski definition) is 3. The van der Waals surface area contributed by atoms with Crippen LogP contribution in [-0.4, -0.2) is 29.5 Å². The zero-order valence-electron chi connectivity index (χ0n) is 14.0. The maximum atomic E-state index is 12.4. The highest BCUT2D eigenvalue weighted by Crippen LogP contribution is 2.19. The molecule has 0 N–H and O–H groups in total. The van der Waals surface area contributed by atoms with Crippen molar-refractivity contribution in [1.82, 2.24) is 4.90 Å². The summed E-state index contributed by atoms with van der Waals surface area (Å²) in [6.07, 6.45) is 7.39. The molecule has 1 heterocycles. The summed E-state index contributed by atoms with van der Waals surface area (Å²) in [4.78, 5) is 25.6. The number of hydrogen-bond donors (Lipinski definition) is 0. The monoisotopic (exact) mass is 317 g/mol. The fourth-order valence-electron chi connectivity index (χ4n) is 2.98. The molecule has 1 saturated heterocycles. The van der Waals surface area contributed by atoms with Crippen LogP contribution in [0.15, 0.2) is 30.3 Å². The van der Waals surface area contributed by atoms with E-state index in [0.29, 0.717) is 19.4 Å². The van der Waals surface area contributed by atoms with Gasteiger partial charge < -0.3 is 4.74 Å². The van der Waals surface area contributed by atoms with Crippen molar-refractivity contribution in [2.45, 2.75) is 64.3 Å². The second-order valence-electron chi connectivity index (χ2n) is 6.20. The SMILES string of the molecule is CCCCCCCCC(=O)N1C(=O)OCC1Cc1ccccc1. The summed E-state index contributed by atoms with van der Waals surface area (Å²) < 4.78 is 5.10. The maximum Gasteiger partial charge on any atom is 0.416 e.